The summed E-state index contributed by atoms with van der Waals surface area (Å²) in [6, 6.07) is 6.95. The summed E-state index contributed by atoms with van der Waals surface area (Å²) in [5, 5.41) is 0.856. The van der Waals surface area contributed by atoms with Crippen molar-refractivity contribution in [3.8, 4) is 0 Å². The average Bonchev–Trinajstić information content (AvgIpc) is 2.78. The standard InChI is InChI=1S/C11H13Br2NO2S/c12-7-9-5-6-14(8-9)17(15,16)11-4-2-1-3-10(11)13/h1-4,9H,5-8H2. The summed E-state index contributed by atoms with van der Waals surface area (Å²) in [5.41, 5.74) is 0. The maximum Gasteiger partial charge on any atom is 0.244 e. The lowest BCUT2D eigenvalue weighted by Gasteiger charge is -2.17. The molecule has 1 aromatic rings. The van der Waals surface area contributed by atoms with Gasteiger partial charge in [-0.1, -0.05) is 28.1 Å². The molecule has 1 atom stereocenters. The van der Waals surface area contributed by atoms with E-state index < -0.39 is 10.0 Å². The van der Waals surface area contributed by atoms with E-state index in [1.54, 1.807) is 22.5 Å². The second-order valence-corrected chi connectivity index (χ2v) is 7.51. The molecule has 0 spiro atoms. The SMILES string of the molecule is O=S(=O)(c1ccccc1Br)N1CCC(CBr)C1. The second kappa shape index (κ2) is 5.38. The van der Waals surface area contributed by atoms with Crippen molar-refractivity contribution in [3.63, 3.8) is 0 Å². The molecule has 1 unspecified atom stereocenters. The van der Waals surface area contributed by atoms with Gasteiger partial charge in [0.2, 0.25) is 10.0 Å². The van der Waals surface area contributed by atoms with Crippen LogP contribution in [-0.4, -0.2) is 31.1 Å². The van der Waals surface area contributed by atoms with Gasteiger partial charge >= 0.3 is 0 Å². The third kappa shape index (κ3) is 2.75. The van der Waals surface area contributed by atoms with E-state index in [4.69, 9.17) is 0 Å². The van der Waals surface area contributed by atoms with Crippen LogP contribution in [0.1, 0.15) is 6.42 Å². The molecule has 0 saturated carbocycles. The van der Waals surface area contributed by atoms with Gasteiger partial charge in [-0.25, -0.2) is 8.42 Å². The fraction of sp³-hybridized carbons (Fsp3) is 0.455. The molecule has 0 aliphatic carbocycles. The highest BCUT2D eigenvalue weighted by molar-refractivity contribution is 9.10. The van der Waals surface area contributed by atoms with E-state index >= 15 is 0 Å². The van der Waals surface area contributed by atoms with Crippen LogP contribution in [0.2, 0.25) is 0 Å². The highest BCUT2D eigenvalue weighted by Crippen LogP contribution is 2.29. The Kier molecular flexibility index (Phi) is 4.28. The van der Waals surface area contributed by atoms with Gasteiger partial charge in [-0.15, -0.1) is 0 Å². The third-order valence-electron chi connectivity index (χ3n) is 2.92. The first kappa shape index (κ1) is 13.5. The smallest absolute Gasteiger partial charge is 0.207 e. The number of hydrogen-bond acceptors (Lipinski definition) is 2. The van der Waals surface area contributed by atoms with Gasteiger partial charge in [0.05, 0.1) is 4.90 Å². The summed E-state index contributed by atoms with van der Waals surface area (Å²) < 4.78 is 27.0. The summed E-state index contributed by atoms with van der Waals surface area (Å²) >= 11 is 6.71. The topological polar surface area (TPSA) is 37.4 Å². The molecule has 0 aromatic heterocycles. The molecule has 1 aliphatic rings. The van der Waals surface area contributed by atoms with Gasteiger partial charge in [0.15, 0.2) is 0 Å². The van der Waals surface area contributed by atoms with Crippen molar-refractivity contribution in [1.82, 2.24) is 4.31 Å². The van der Waals surface area contributed by atoms with E-state index in [0.717, 1.165) is 11.8 Å². The number of halogens is 2. The molecule has 17 heavy (non-hydrogen) atoms. The molecule has 3 nitrogen and oxygen atoms in total. The van der Waals surface area contributed by atoms with E-state index in [1.165, 1.54) is 0 Å². The van der Waals surface area contributed by atoms with E-state index in [9.17, 15) is 8.42 Å². The highest BCUT2D eigenvalue weighted by Gasteiger charge is 2.32. The fourth-order valence-electron chi connectivity index (χ4n) is 1.93. The van der Waals surface area contributed by atoms with Crippen LogP contribution in [-0.2, 0) is 10.0 Å². The van der Waals surface area contributed by atoms with E-state index in [-0.39, 0.29) is 0 Å². The maximum absolute atomic E-state index is 12.4. The van der Waals surface area contributed by atoms with E-state index in [1.807, 2.05) is 6.07 Å². The molecule has 1 aliphatic heterocycles. The first-order valence-corrected chi connectivity index (χ1v) is 8.72. The third-order valence-corrected chi connectivity index (χ3v) is 6.71. The van der Waals surface area contributed by atoms with Crippen molar-refractivity contribution < 1.29 is 8.42 Å². The fourth-order valence-corrected chi connectivity index (χ4v) is 4.96. The Morgan fingerprint density at radius 1 is 1.35 bits per heavy atom. The largest absolute Gasteiger partial charge is 0.244 e. The number of nitrogens with zero attached hydrogens (tertiary/aromatic N) is 1. The summed E-state index contributed by atoms with van der Waals surface area (Å²) in [6.45, 7) is 1.22. The van der Waals surface area contributed by atoms with Crippen LogP contribution in [0.25, 0.3) is 0 Å². The number of hydrogen-bond donors (Lipinski definition) is 0. The van der Waals surface area contributed by atoms with Crippen molar-refractivity contribution in [1.29, 1.82) is 0 Å². The van der Waals surface area contributed by atoms with Crippen LogP contribution >= 0.6 is 31.9 Å². The molecule has 94 valence electrons. The second-order valence-electron chi connectivity index (χ2n) is 4.10. The zero-order chi connectivity index (χ0) is 12.5. The number of sulfonamides is 1. The van der Waals surface area contributed by atoms with Crippen molar-refractivity contribution in [2.75, 3.05) is 18.4 Å². The van der Waals surface area contributed by atoms with Gasteiger partial charge in [-0.2, -0.15) is 4.31 Å². The van der Waals surface area contributed by atoms with Crippen LogP contribution in [0.5, 0.6) is 0 Å². The van der Waals surface area contributed by atoms with Crippen LogP contribution in [0.4, 0.5) is 0 Å². The minimum atomic E-state index is -3.35. The predicted molar refractivity (Wildman–Crippen MR) is 74.8 cm³/mol. The van der Waals surface area contributed by atoms with Crippen molar-refractivity contribution >= 4 is 41.9 Å². The highest BCUT2D eigenvalue weighted by atomic mass is 79.9. The Hall–Kier alpha value is 0.0900. The maximum atomic E-state index is 12.4. The minimum Gasteiger partial charge on any atom is -0.207 e. The Balaban J connectivity index is 2.29. The first-order valence-electron chi connectivity index (χ1n) is 5.36. The molecule has 6 heteroatoms. The summed E-state index contributed by atoms with van der Waals surface area (Å²) in [5.74, 6) is 0.423. The Bertz CT molecular complexity index is 504. The molecule has 0 amide bonds. The van der Waals surface area contributed by atoms with Crippen molar-refractivity contribution in [3.05, 3.63) is 28.7 Å². The van der Waals surface area contributed by atoms with Gasteiger partial charge in [-0.05, 0) is 40.4 Å². The molecule has 2 rings (SSSR count). The van der Waals surface area contributed by atoms with Gasteiger partial charge in [-0.3, -0.25) is 0 Å². The van der Waals surface area contributed by atoms with Crippen molar-refractivity contribution in [2.45, 2.75) is 11.3 Å². The van der Waals surface area contributed by atoms with Crippen LogP contribution in [0, 0.1) is 5.92 Å². The normalized spacial score (nSPS) is 21.9. The monoisotopic (exact) mass is 381 g/mol. The molecule has 1 heterocycles. The van der Waals surface area contributed by atoms with Crippen LogP contribution in [0.3, 0.4) is 0 Å². The van der Waals surface area contributed by atoms with E-state index in [0.29, 0.717) is 28.4 Å². The Morgan fingerprint density at radius 2 is 2.06 bits per heavy atom. The molecule has 0 radical (unpaired) electrons. The first-order chi connectivity index (χ1) is 8.05. The quantitative estimate of drug-likeness (QED) is 0.753. The average molecular weight is 383 g/mol. The molecule has 0 N–H and O–H groups in total. The van der Waals surface area contributed by atoms with Gasteiger partial charge in [0.25, 0.3) is 0 Å². The molecule has 1 aromatic carbocycles. The van der Waals surface area contributed by atoms with Gasteiger partial charge in [0, 0.05) is 22.9 Å². The lowest BCUT2D eigenvalue weighted by Crippen LogP contribution is -2.29. The van der Waals surface area contributed by atoms with Crippen LogP contribution < -0.4 is 0 Å². The summed E-state index contributed by atoms with van der Waals surface area (Å²) in [6.07, 6.45) is 0.926. The molecular formula is C11H13Br2NO2S. The zero-order valence-corrected chi connectivity index (χ0v) is 13.1. The predicted octanol–water partition coefficient (Wildman–Crippen LogP) is 2.85. The van der Waals surface area contributed by atoms with Crippen molar-refractivity contribution in [2.24, 2.45) is 5.92 Å². The molecular weight excluding hydrogens is 370 g/mol. The zero-order valence-electron chi connectivity index (χ0n) is 9.14. The Morgan fingerprint density at radius 3 is 2.65 bits per heavy atom. The van der Waals surface area contributed by atoms with Crippen LogP contribution in [0.15, 0.2) is 33.6 Å². The number of benzene rings is 1. The number of rotatable bonds is 3. The van der Waals surface area contributed by atoms with Gasteiger partial charge in [0.1, 0.15) is 0 Å². The van der Waals surface area contributed by atoms with E-state index in [2.05, 4.69) is 31.9 Å². The number of alkyl halides is 1. The summed E-state index contributed by atoms with van der Waals surface area (Å²) in [7, 11) is -3.35. The lowest BCUT2D eigenvalue weighted by molar-refractivity contribution is 0.465. The van der Waals surface area contributed by atoms with Gasteiger partial charge < -0.3 is 0 Å². The minimum absolute atomic E-state index is 0.357. The summed E-state index contributed by atoms with van der Waals surface area (Å²) in [4.78, 5) is 0.357. The Labute approximate surface area is 119 Å². The molecule has 0 bridgehead atoms. The molecule has 1 saturated heterocycles. The molecule has 1 fully saturated rings. The lowest BCUT2D eigenvalue weighted by atomic mass is 10.2.